The van der Waals surface area contributed by atoms with Gasteiger partial charge in [0.2, 0.25) is 11.9 Å². The number of methoxy groups -OCH3 is 2. The summed E-state index contributed by atoms with van der Waals surface area (Å²) < 4.78 is 10.7. The zero-order chi connectivity index (χ0) is 22.3. The Kier molecular flexibility index (Phi) is 6.84. The first-order chi connectivity index (χ1) is 15.7. The summed E-state index contributed by atoms with van der Waals surface area (Å²) in [5.74, 6) is 2.04. The molecule has 1 saturated heterocycles. The number of nitrogens with one attached hydrogen (secondary N) is 1. The summed E-state index contributed by atoms with van der Waals surface area (Å²) in [6, 6.07) is 15.6. The van der Waals surface area contributed by atoms with Crippen molar-refractivity contribution in [2.75, 3.05) is 32.2 Å². The summed E-state index contributed by atoms with van der Waals surface area (Å²) >= 11 is 0. The molecule has 1 amide bonds. The number of anilines is 1. The van der Waals surface area contributed by atoms with Crippen molar-refractivity contribution in [1.82, 2.24) is 15.3 Å². The number of benzene rings is 2. The molecule has 7 nitrogen and oxygen atoms in total. The van der Waals surface area contributed by atoms with Gasteiger partial charge in [-0.3, -0.25) is 4.79 Å². The Hall–Kier alpha value is -3.61. The lowest BCUT2D eigenvalue weighted by atomic mass is 9.97. The van der Waals surface area contributed by atoms with Crippen LogP contribution in [0.15, 0.2) is 60.9 Å². The molecule has 0 spiro atoms. The first-order valence-electron chi connectivity index (χ1n) is 10.8. The van der Waals surface area contributed by atoms with Gasteiger partial charge < -0.3 is 19.7 Å². The average molecular weight is 433 g/mol. The number of amides is 1. The second-order valence-corrected chi connectivity index (χ2v) is 7.82. The number of hydrogen-bond acceptors (Lipinski definition) is 6. The summed E-state index contributed by atoms with van der Waals surface area (Å²) in [5.41, 5.74) is 2.95. The van der Waals surface area contributed by atoms with Crippen LogP contribution in [0, 0.1) is 5.92 Å². The quantitative estimate of drug-likeness (QED) is 0.614. The number of nitrogens with zero attached hydrogens (tertiary/aromatic N) is 3. The van der Waals surface area contributed by atoms with Crippen molar-refractivity contribution in [2.24, 2.45) is 5.92 Å². The van der Waals surface area contributed by atoms with E-state index < -0.39 is 0 Å². The minimum absolute atomic E-state index is 0.0282. The van der Waals surface area contributed by atoms with Crippen molar-refractivity contribution in [3.05, 3.63) is 66.5 Å². The minimum Gasteiger partial charge on any atom is -0.497 e. The lowest BCUT2D eigenvalue weighted by Gasteiger charge is -2.32. The molecule has 4 rings (SSSR count). The number of aromatic nitrogens is 2. The number of carbonyl (C=O) groups excluding carboxylic acids is 1. The molecular formula is C25H28N4O3. The molecule has 0 radical (unpaired) electrons. The van der Waals surface area contributed by atoms with E-state index in [4.69, 9.17) is 9.47 Å². The molecule has 32 heavy (non-hydrogen) atoms. The Morgan fingerprint density at radius 3 is 2.56 bits per heavy atom. The Balaban J connectivity index is 1.38. The number of rotatable bonds is 7. The number of piperidine rings is 1. The largest absolute Gasteiger partial charge is 0.497 e. The highest BCUT2D eigenvalue weighted by Crippen LogP contribution is 2.25. The van der Waals surface area contributed by atoms with Crippen LogP contribution in [-0.4, -0.2) is 43.2 Å². The molecule has 1 aliphatic heterocycles. The van der Waals surface area contributed by atoms with Crippen molar-refractivity contribution in [1.29, 1.82) is 0 Å². The zero-order valence-corrected chi connectivity index (χ0v) is 18.5. The number of carbonyl (C=O) groups is 1. The third-order valence-electron chi connectivity index (χ3n) is 5.76. The van der Waals surface area contributed by atoms with Gasteiger partial charge in [-0.1, -0.05) is 30.3 Å². The van der Waals surface area contributed by atoms with Gasteiger partial charge in [0.1, 0.15) is 11.5 Å². The maximum absolute atomic E-state index is 12.9. The van der Waals surface area contributed by atoms with Gasteiger partial charge in [0.25, 0.3) is 0 Å². The molecule has 7 heteroatoms. The predicted octanol–water partition coefficient (Wildman–Crippen LogP) is 3.69. The second-order valence-electron chi connectivity index (χ2n) is 7.82. The summed E-state index contributed by atoms with van der Waals surface area (Å²) in [6.07, 6.45) is 5.46. The van der Waals surface area contributed by atoms with Gasteiger partial charge in [-0.15, -0.1) is 0 Å². The molecule has 0 bridgehead atoms. The Morgan fingerprint density at radius 1 is 1.06 bits per heavy atom. The highest BCUT2D eigenvalue weighted by atomic mass is 16.5. The van der Waals surface area contributed by atoms with Crippen LogP contribution in [0.2, 0.25) is 0 Å². The Bertz CT molecular complexity index is 1040. The smallest absolute Gasteiger partial charge is 0.225 e. The van der Waals surface area contributed by atoms with Crippen LogP contribution in [0.5, 0.6) is 11.5 Å². The van der Waals surface area contributed by atoms with E-state index in [1.54, 1.807) is 14.2 Å². The Morgan fingerprint density at radius 2 is 1.84 bits per heavy atom. The van der Waals surface area contributed by atoms with Crippen LogP contribution >= 0.6 is 0 Å². The topological polar surface area (TPSA) is 76.6 Å². The lowest BCUT2D eigenvalue weighted by molar-refractivity contribution is -0.125. The molecular weight excluding hydrogens is 404 g/mol. The Labute approximate surface area is 188 Å². The lowest BCUT2D eigenvalue weighted by Crippen LogP contribution is -2.43. The maximum Gasteiger partial charge on any atom is 0.225 e. The molecule has 2 aromatic carbocycles. The molecule has 1 atom stereocenters. The average Bonchev–Trinajstić information content (AvgIpc) is 2.87. The van der Waals surface area contributed by atoms with Gasteiger partial charge in [0.05, 0.1) is 20.1 Å². The first-order valence-corrected chi connectivity index (χ1v) is 10.8. The van der Waals surface area contributed by atoms with Gasteiger partial charge in [0.15, 0.2) is 0 Å². The molecule has 1 aromatic heterocycles. The van der Waals surface area contributed by atoms with Crippen molar-refractivity contribution in [3.63, 3.8) is 0 Å². The van der Waals surface area contributed by atoms with Gasteiger partial charge in [-0.05, 0) is 36.6 Å². The van der Waals surface area contributed by atoms with Crippen molar-refractivity contribution >= 4 is 11.9 Å². The summed E-state index contributed by atoms with van der Waals surface area (Å²) in [4.78, 5) is 24.1. The van der Waals surface area contributed by atoms with E-state index in [-0.39, 0.29) is 11.8 Å². The van der Waals surface area contributed by atoms with E-state index in [1.807, 2.05) is 60.9 Å². The molecule has 0 saturated carbocycles. The monoisotopic (exact) mass is 432 g/mol. The molecule has 1 N–H and O–H groups in total. The van der Waals surface area contributed by atoms with E-state index >= 15 is 0 Å². The van der Waals surface area contributed by atoms with E-state index in [0.29, 0.717) is 19.0 Å². The number of hydrogen-bond donors (Lipinski definition) is 1. The third-order valence-corrected chi connectivity index (χ3v) is 5.76. The molecule has 2 heterocycles. The van der Waals surface area contributed by atoms with Gasteiger partial charge in [0, 0.05) is 43.2 Å². The molecule has 3 aromatic rings. The van der Waals surface area contributed by atoms with Crippen LogP contribution in [0.1, 0.15) is 18.4 Å². The van der Waals surface area contributed by atoms with E-state index in [1.165, 1.54) is 0 Å². The van der Waals surface area contributed by atoms with Crippen molar-refractivity contribution in [2.45, 2.75) is 19.4 Å². The highest BCUT2D eigenvalue weighted by molar-refractivity contribution is 5.79. The van der Waals surface area contributed by atoms with Crippen LogP contribution in [0.4, 0.5) is 5.95 Å². The fourth-order valence-electron chi connectivity index (χ4n) is 3.98. The van der Waals surface area contributed by atoms with E-state index in [2.05, 4.69) is 20.2 Å². The summed E-state index contributed by atoms with van der Waals surface area (Å²) in [5, 5.41) is 3.06. The SMILES string of the molecule is COc1ccc(OC)c(CNC(=O)C2CCCN(c3ncc(-c4ccccc4)cn3)C2)c1. The van der Waals surface area contributed by atoms with Crippen LogP contribution in [-0.2, 0) is 11.3 Å². The van der Waals surface area contributed by atoms with Crippen molar-refractivity contribution < 1.29 is 14.3 Å². The van der Waals surface area contributed by atoms with Gasteiger partial charge in [-0.25, -0.2) is 9.97 Å². The first kappa shape index (κ1) is 21.6. The maximum atomic E-state index is 12.9. The standard InChI is InChI=1S/C25H28N4O3/c1-31-22-10-11-23(32-2)20(13-22)14-26-24(30)19-9-6-12-29(17-19)25-27-15-21(16-28-25)18-7-4-3-5-8-18/h3-5,7-8,10-11,13,15-16,19H,6,9,12,14,17H2,1-2H3,(H,26,30). The van der Waals surface area contributed by atoms with Gasteiger partial charge >= 0.3 is 0 Å². The molecule has 0 aliphatic carbocycles. The van der Waals surface area contributed by atoms with Crippen LogP contribution in [0.3, 0.4) is 0 Å². The fourth-order valence-corrected chi connectivity index (χ4v) is 3.98. The molecule has 1 aliphatic rings. The number of ether oxygens (including phenoxy) is 2. The van der Waals surface area contributed by atoms with Gasteiger partial charge in [-0.2, -0.15) is 0 Å². The van der Waals surface area contributed by atoms with Crippen LogP contribution < -0.4 is 19.7 Å². The predicted molar refractivity (Wildman–Crippen MR) is 124 cm³/mol. The molecule has 166 valence electrons. The third kappa shape index (κ3) is 4.99. The summed E-state index contributed by atoms with van der Waals surface area (Å²) in [7, 11) is 3.24. The molecule has 1 unspecified atom stereocenters. The normalized spacial score (nSPS) is 15.8. The molecule has 1 fully saturated rings. The van der Waals surface area contributed by atoms with Crippen LogP contribution in [0.25, 0.3) is 11.1 Å². The highest BCUT2D eigenvalue weighted by Gasteiger charge is 2.27. The fraction of sp³-hybridized carbons (Fsp3) is 0.320. The second kappa shape index (κ2) is 10.1. The van der Waals surface area contributed by atoms with Crippen molar-refractivity contribution in [3.8, 4) is 22.6 Å². The minimum atomic E-state index is -0.113. The summed E-state index contributed by atoms with van der Waals surface area (Å²) in [6.45, 7) is 1.84. The zero-order valence-electron chi connectivity index (χ0n) is 18.5. The van der Waals surface area contributed by atoms with E-state index in [9.17, 15) is 4.79 Å². The van der Waals surface area contributed by atoms with E-state index in [0.717, 1.165) is 47.6 Å².